The molecule has 1 fully saturated rings. The molecule has 2 heterocycles. The number of fused-ring (bicyclic) bond motifs is 1. The Kier molecular flexibility index (Phi) is 3.19. The van der Waals surface area contributed by atoms with Crippen LogP contribution >= 0.6 is 0 Å². The molecule has 1 saturated heterocycles. The smallest absolute Gasteiger partial charge is 0.109 e. The van der Waals surface area contributed by atoms with Crippen molar-refractivity contribution in [1.29, 1.82) is 0 Å². The fourth-order valence-electron chi connectivity index (χ4n) is 3.01. The molecule has 0 amide bonds. The molecule has 4 heteroatoms. The molecule has 0 spiro atoms. The molecule has 2 atom stereocenters. The minimum atomic E-state index is 0.422. The summed E-state index contributed by atoms with van der Waals surface area (Å²) in [7, 11) is 0. The molecule has 2 N–H and O–H groups in total. The normalized spacial score (nSPS) is 21.1. The van der Waals surface area contributed by atoms with Gasteiger partial charge >= 0.3 is 0 Å². The number of anilines is 1. The molecule has 1 aromatic heterocycles. The lowest BCUT2D eigenvalue weighted by Gasteiger charge is -2.22. The third-order valence-electron chi connectivity index (χ3n) is 4.16. The van der Waals surface area contributed by atoms with Crippen molar-refractivity contribution in [3.63, 3.8) is 0 Å². The minimum absolute atomic E-state index is 0.422. The molecule has 1 aliphatic rings. The first-order valence-electron chi connectivity index (χ1n) is 7.04. The Morgan fingerprint density at radius 1 is 1.53 bits per heavy atom. The maximum absolute atomic E-state index is 5.85. The van der Waals surface area contributed by atoms with Gasteiger partial charge in [0.2, 0.25) is 0 Å². The monoisotopic (exact) mass is 259 g/mol. The topological polar surface area (TPSA) is 53.1 Å². The van der Waals surface area contributed by atoms with Crippen molar-refractivity contribution in [2.24, 2.45) is 5.92 Å². The Labute approximate surface area is 113 Å². The quantitative estimate of drug-likeness (QED) is 0.862. The molecule has 102 valence electrons. The second-order valence-electron chi connectivity index (χ2n) is 5.36. The van der Waals surface area contributed by atoms with Crippen molar-refractivity contribution in [2.75, 3.05) is 18.9 Å². The van der Waals surface area contributed by atoms with Crippen LogP contribution in [0, 0.1) is 5.92 Å². The number of hydrogen-bond acceptors (Lipinski definition) is 3. The summed E-state index contributed by atoms with van der Waals surface area (Å²) >= 11 is 0. The second kappa shape index (κ2) is 4.85. The molecule has 4 nitrogen and oxygen atoms in total. The molecular weight excluding hydrogens is 238 g/mol. The first kappa shape index (κ1) is 12.5. The van der Waals surface area contributed by atoms with Crippen LogP contribution in [0.3, 0.4) is 0 Å². The van der Waals surface area contributed by atoms with Crippen LogP contribution in [0.5, 0.6) is 0 Å². The van der Waals surface area contributed by atoms with E-state index in [2.05, 4.69) is 24.5 Å². The van der Waals surface area contributed by atoms with Crippen molar-refractivity contribution in [2.45, 2.75) is 32.7 Å². The maximum Gasteiger partial charge on any atom is 0.109 e. The number of nitrogen functional groups attached to an aromatic ring is 1. The number of rotatable bonds is 3. The Morgan fingerprint density at radius 2 is 2.37 bits per heavy atom. The van der Waals surface area contributed by atoms with E-state index in [-0.39, 0.29) is 0 Å². The Balaban J connectivity index is 2.09. The standard InChI is InChI=1S/C15H21N3O/c1-3-15-17-13-8-12(16)4-5-14(13)18(15)10(2)11-6-7-19-9-11/h4-5,8,10-11H,3,6-7,9,16H2,1-2H3. The number of nitrogens with zero attached hydrogens (tertiary/aromatic N) is 2. The highest BCUT2D eigenvalue weighted by Gasteiger charge is 2.26. The van der Waals surface area contributed by atoms with E-state index < -0.39 is 0 Å². The van der Waals surface area contributed by atoms with Crippen LogP contribution in [0.2, 0.25) is 0 Å². The molecule has 2 aromatic rings. The highest BCUT2D eigenvalue weighted by molar-refractivity contribution is 5.79. The lowest BCUT2D eigenvalue weighted by molar-refractivity contribution is 0.175. The second-order valence-corrected chi connectivity index (χ2v) is 5.36. The van der Waals surface area contributed by atoms with E-state index in [9.17, 15) is 0 Å². The van der Waals surface area contributed by atoms with Gasteiger partial charge in [-0.3, -0.25) is 0 Å². The summed E-state index contributed by atoms with van der Waals surface area (Å²) < 4.78 is 7.90. The zero-order chi connectivity index (χ0) is 13.4. The molecule has 2 unspecified atom stereocenters. The average Bonchev–Trinajstić information content (AvgIpc) is 3.04. The lowest BCUT2D eigenvalue weighted by atomic mass is 10.00. The van der Waals surface area contributed by atoms with E-state index in [1.54, 1.807) is 0 Å². The first-order valence-corrected chi connectivity index (χ1v) is 7.04. The van der Waals surface area contributed by atoms with Gasteiger partial charge in [-0.25, -0.2) is 4.98 Å². The van der Waals surface area contributed by atoms with E-state index in [0.717, 1.165) is 43.1 Å². The number of aryl methyl sites for hydroxylation is 1. The fourth-order valence-corrected chi connectivity index (χ4v) is 3.01. The molecule has 1 aromatic carbocycles. The van der Waals surface area contributed by atoms with Gasteiger partial charge in [-0.2, -0.15) is 0 Å². The third-order valence-corrected chi connectivity index (χ3v) is 4.16. The Morgan fingerprint density at radius 3 is 3.05 bits per heavy atom. The van der Waals surface area contributed by atoms with Crippen LogP contribution in [0.25, 0.3) is 11.0 Å². The van der Waals surface area contributed by atoms with Gasteiger partial charge in [0, 0.05) is 30.7 Å². The predicted octanol–water partition coefficient (Wildman–Crippen LogP) is 2.78. The number of aromatic nitrogens is 2. The van der Waals surface area contributed by atoms with E-state index in [4.69, 9.17) is 15.5 Å². The van der Waals surface area contributed by atoms with Crippen molar-refractivity contribution < 1.29 is 4.74 Å². The summed E-state index contributed by atoms with van der Waals surface area (Å²) in [6.45, 7) is 6.17. The van der Waals surface area contributed by atoms with Crippen molar-refractivity contribution in [3.05, 3.63) is 24.0 Å². The molecule has 0 radical (unpaired) electrons. The summed E-state index contributed by atoms with van der Waals surface area (Å²) in [5.74, 6) is 1.72. The SMILES string of the molecule is CCc1nc2cc(N)ccc2n1C(C)C1CCOC1. The maximum atomic E-state index is 5.85. The van der Waals surface area contributed by atoms with Crippen LogP contribution < -0.4 is 5.73 Å². The van der Waals surface area contributed by atoms with E-state index in [1.165, 1.54) is 5.52 Å². The molecule has 0 saturated carbocycles. The van der Waals surface area contributed by atoms with E-state index in [0.29, 0.717) is 12.0 Å². The van der Waals surface area contributed by atoms with Crippen molar-refractivity contribution in [1.82, 2.24) is 9.55 Å². The predicted molar refractivity (Wildman–Crippen MR) is 77.2 cm³/mol. The van der Waals surface area contributed by atoms with Gasteiger partial charge in [0.25, 0.3) is 0 Å². The summed E-state index contributed by atoms with van der Waals surface area (Å²) in [5, 5.41) is 0. The van der Waals surface area contributed by atoms with Gasteiger partial charge in [0.05, 0.1) is 17.6 Å². The largest absolute Gasteiger partial charge is 0.399 e. The highest BCUT2D eigenvalue weighted by Crippen LogP contribution is 2.31. The molecule has 19 heavy (non-hydrogen) atoms. The van der Waals surface area contributed by atoms with Gasteiger partial charge in [0.1, 0.15) is 5.82 Å². The van der Waals surface area contributed by atoms with E-state index >= 15 is 0 Å². The molecule has 0 bridgehead atoms. The lowest BCUT2D eigenvalue weighted by Crippen LogP contribution is -2.18. The summed E-state index contributed by atoms with van der Waals surface area (Å²) in [4.78, 5) is 4.73. The van der Waals surface area contributed by atoms with Crippen LogP contribution in [-0.2, 0) is 11.2 Å². The summed E-state index contributed by atoms with van der Waals surface area (Å²) in [6, 6.07) is 6.43. The molecule has 1 aliphatic heterocycles. The van der Waals surface area contributed by atoms with Gasteiger partial charge in [0.15, 0.2) is 0 Å². The number of ether oxygens (including phenoxy) is 1. The average molecular weight is 259 g/mol. The third kappa shape index (κ3) is 2.10. The highest BCUT2D eigenvalue weighted by atomic mass is 16.5. The van der Waals surface area contributed by atoms with Crippen molar-refractivity contribution >= 4 is 16.7 Å². The number of imidazole rings is 1. The number of hydrogen-bond donors (Lipinski definition) is 1. The van der Waals surface area contributed by atoms with Crippen LogP contribution in [-0.4, -0.2) is 22.8 Å². The molecule has 0 aliphatic carbocycles. The Hall–Kier alpha value is -1.55. The van der Waals surface area contributed by atoms with Gasteiger partial charge in [-0.1, -0.05) is 6.92 Å². The Bertz CT molecular complexity index is 584. The van der Waals surface area contributed by atoms with Crippen LogP contribution in [0.15, 0.2) is 18.2 Å². The number of benzene rings is 1. The van der Waals surface area contributed by atoms with Gasteiger partial charge in [-0.05, 0) is 31.5 Å². The van der Waals surface area contributed by atoms with Gasteiger partial charge < -0.3 is 15.0 Å². The fraction of sp³-hybridized carbons (Fsp3) is 0.533. The minimum Gasteiger partial charge on any atom is -0.399 e. The van der Waals surface area contributed by atoms with E-state index in [1.807, 2.05) is 12.1 Å². The van der Waals surface area contributed by atoms with Crippen LogP contribution in [0.1, 0.15) is 32.1 Å². The van der Waals surface area contributed by atoms with Crippen molar-refractivity contribution in [3.8, 4) is 0 Å². The molecular formula is C15H21N3O. The number of nitrogens with two attached hydrogens (primary N) is 1. The first-order chi connectivity index (χ1) is 9.20. The zero-order valence-corrected chi connectivity index (χ0v) is 11.6. The van der Waals surface area contributed by atoms with Gasteiger partial charge in [-0.15, -0.1) is 0 Å². The zero-order valence-electron chi connectivity index (χ0n) is 11.6. The summed E-state index contributed by atoms with van der Waals surface area (Å²) in [6.07, 6.45) is 2.07. The van der Waals surface area contributed by atoms with Crippen LogP contribution in [0.4, 0.5) is 5.69 Å². The summed E-state index contributed by atoms with van der Waals surface area (Å²) in [5.41, 5.74) is 8.82. The molecule has 3 rings (SSSR count).